The number of fused-ring (bicyclic) bond motifs is 1. The van der Waals surface area contributed by atoms with E-state index in [0.717, 1.165) is 11.7 Å². The van der Waals surface area contributed by atoms with E-state index in [1.54, 1.807) is 13.8 Å². The number of anilines is 1. The van der Waals surface area contributed by atoms with Crippen molar-refractivity contribution in [2.75, 3.05) is 11.4 Å². The normalized spacial score (nSPS) is 18.2. The Labute approximate surface area is 134 Å². The average Bonchev–Trinajstić information content (AvgIpc) is 2.83. The Balaban J connectivity index is 2.22. The molecule has 0 aliphatic carbocycles. The molecule has 1 aliphatic heterocycles. The summed E-state index contributed by atoms with van der Waals surface area (Å²) < 4.78 is 8.26. The Morgan fingerprint density at radius 2 is 1.90 bits per heavy atom. The molecule has 2 aromatic rings. The molecule has 6 nitrogen and oxygen atoms in total. The van der Waals surface area contributed by atoms with Crippen molar-refractivity contribution in [2.45, 2.75) is 19.4 Å². The van der Waals surface area contributed by atoms with Gasteiger partial charge in [-0.15, -0.1) is 0 Å². The summed E-state index contributed by atoms with van der Waals surface area (Å²) in [4.78, 5) is 25.8. The molecule has 1 aliphatic rings. The molecule has 1 fully saturated rings. The number of hydrogen-bond acceptors (Lipinski definition) is 5. The third-order valence-electron chi connectivity index (χ3n) is 3.22. The molecule has 2 heterocycles. The van der Waals surface area contributed by atoms with Gasteiger partial charge in [-0.25, -0.2) is 0 Å². The molecule has 2 amide bonds. The second-order valence-corrected chi connectivity index (χ2v) is 6.56. The van der Waals surface area contributed by atoms with Crippen molar-refractivity contribution in [2.24, 2.45) is 0 Å². The minimum Gasteiger partial charge on any atom is -0.341 e. The summed E-state index contributed by atoms with van der Waals surface area (Å²) in [6.45, 7) is 3.16. The van der Waals surface area contributed by atoms with Crippen LogP contribution < -0.4 is 10.2 Å². The highest BCUT2D eigenvalue weighted by Crippen LogP contribution is 2.38. The van der Waals surface area contributed by atoms with Gasteiger partial charge in [-0.05, 0) is 19.9 Å². The van der Waals surface area contributed by atoms with Gasteiger partial charge in [0.15, 0.2) is 0 Å². The lowest BCUT2D eigenvalue weighted by Gasteiger charge is -2.37. The highest BCUT2D eigenvalue weighted by molar-refractivity contribution is 7.00. The van der Waals surface area contributed by atoms with Gasteiger partial charge < -0.3 is 5.32 Å². The van der Waals surface area contributed by atoms with Crippen LogP contribution in [0, 0.1) is 0 Å². The summed E-state index contributed by atoms with van der Waals surface area (Å²) >= 11 is 13.3. The molecule has 0 unspecified atom stereocenters. The molecule has 9 heteroatoms. The van der Waals surface area contributed by atoms with Crippen LogP contribution in [0.1, 0.15) is 13.8 Å². The van der Waals surface area contributed by atoms with E-state index >= 15 is 0 Å². The van der Waals surface area contributed by atoms with Crippen molar-refractivity contribution >= 4 is 63.5 Å². The molecule has 0 saturated carbocycles. The Hall–Kier alpha value is -1.44. The van der Waals surface area contributed by atoms with Crippen LogP contribution in [0.3, 0.4) is 0 Å². The Morgan fingerprint density at radius 1 is 1.24 bits per heavy atom. The molecule has 3 rings (SSSR count). The predicted molar refractivity (Wildman–Crippen MR) is 82.0 cm³/mol. The highest BCUT2D eigenvalue weighted by atomic mass is 35.5. The molecule has 1 aromatic carbocycles. The van der Waals surface area contributed by atoms with Gasteiger partial charge >= 0.3 is 0 Å². The first kappa shape index (κ1) is 14.5. The fourth-order valence-electron chi connectivity index (χ4n) is 2.29. The van der Waals surface area contributed by atoms with Gasteiger partial charge in [0, 0.05) is 0 Å². The van der Waals surface area contributed by atoms with Crippen LogP contribution in [-0.4, -0.2) is 32.6 Å². The van der Waals surface area contributed by atoms with Crippen LogP contribution in [0.5, 0.6) is 0 Å². The average molecular weight is 345 g/mol. The van der Waals surface area contributed by atoms with Gasteiger partial charge in [0.1, 0.15) is 23.1 Å². The molecule has 1 N–H and O–H groups in total. The molecule has 0 radical (unpaired) electrons. The molecule has 110 valence electrons. The van der Waals surface area contributed by atoms with E-state index in [-0.39, 0.29) is 23.4 Å². The van der Waals surface area contributed by atoms with Gasteiger partial charge in [-0.1, -0.05) is 23.2 Å². The maximum atomic E-state index is 12.6. The Bertz CT molecular complexity index is 774. The number of rotatable bonds is 1. The minimum atomic E-state index is -1.01. The van der Waals surface area contributed by atoms with Crippen LogP contribution in [0.4, 0.5) is 5.69 Å². The largest absolute Gasteiger partial charge is 0.341 e. The Morgan fingerprint density at radius 3 is 2.62 bits per heavy atom. The van der Waals surface area contributed by atoms with E-state index < -0.39 is 5.54 Å². The second kappa shape index (κ2) is 4.79. The number of piperazine rings is 1. The van der Waals surface area contributed by atoms with Gasteiger partial charge in [-0.3, -0.25) is 14.5 Å². The first-order valence-corrected chi connectivity index (χ1v) is 7.53. The molecule has 21 heavy (non-hydrogen) atoms. The van der Waals surface area contributed by atoms with Crippen molar-refractivity contribution in [3.05, 3.63) is 16.1 Å². The van der Waals surface area contributed by atoms with Crippen LogP contribution in [0.15, 0.2) is 6.07 Å². The summed E-state index contributed by atoms with van der Waals surface area (Å²) in [5.74, 6) is -0.525. The number of nitrogens with one attached hydrogen (secondary N) is 1. The fourth-order valence-corrected chi connectivity index (χ4v) is 3.50. The fraction of sp³-hybridized carbons (Fsp3) is 0.333. The molecular formula is C12H10Cl2N4O2S. The van der Waals surface area contributed by atoms with E-state index in [9.17, 15) is 9.59 Å². The number of hydrogen-bond donors (Lipinski definition) is 1. The predicted octanol–water partition coefficient (Wildman–Crippen LogP) is 2.24. The lowest BCUT2D eigenvalue weighted by atomic mass is 9.99. The number of benzene rings is 1. The van der Waals surface area contributed by atoms with E-state index in [1.807, 2.05) is 0 Å². The third kappa shape index (κ3) is 2.25. The van der Waals surface area contributed by atoms with E-state index in [2.05, 4.69) is 14.1 Å². The molecule has 0 atom stereocenters. The van der Waals surface area contributed by atoms with Gasteiger partial charge in [-0.2, -0.15) is 8.75 Å². The molecule has 1 aromatic heterocycles. The zero-order valence-electron chi connectivity index (χ0n) is 11.1. The zero-order valence-corrected chi connectivity index (χ0v) is 13.4. The third-order valence-corrected chi connectivity index (χ3v) is 4.33. The molecule has 1 saturated heterocycles. The number of halogens is 2. The van der Waals surface area contributed by atoms with Crippen molar-refractivity contribution < 1.29 is 9.59 Å². The van der Waals surface area contributed by atoms with Crippen LogP contribution in [0.25, 0.3) is 11.0 Å². The summed E-state index contributed by atoms with van der Waals surface area (Å²) in [5.41, 5.74) is 0.264. The topological polar surface area (TPSA) is 75.2 Å². The summed E-state index contributed by atoms with van der Waals surface area (Å²) in [5, 5.41) is 3.27. The zero-order chi connectivity index (χ0) is 15.4. The lowest BCUT2D eigenvalue weighted by molar-refractivity contribution is -0.134. The first-order chi connectivity index (χ1) is 9.81. The lowest BCUT2D eigenvalue weighted by Crippen LogP contribution is -2.64. The molecular weight excluding hydrogens is 335 g/mol. The number of nitrogens with zero attached hydrogens (tertiary/aromatic N) is 3. The number of carbonyl (C=O) groups is 2. The van der Waals surface area contributed by atoms with E-state index in [4.69, 9.17) is 23.2 Å². The van der Waals surface area contributed by atoms with Crippen molar-refractivity contribution in [1.82, 2.24) is 14.1 Å². The first-order valence-electron chi connectivity index (χ1n) is 6.04. The minimum absolute atomic E-state index is 0.115. The molecule has 0 spiro atoms. The van der Waals surface area contributed by atoms with Crippen LogP contribution >= 0.6 is 34.9 Å². The maximum absolute atomic E-state index is 12.6. The van der Waals surface area contributed by atoms with Gasteiger partial charge in [0.2, 0.25) is 5.91 Å². The summed E-state index contributed by atoms with van der Waals surface area (Å²) in [7, 11) is 0. The second-order valence-electron chi connectivity index (χ2n) is 5.21. The number of carbonyl (C=O) groups excluding carboxylic acids is 2. The molecule has 0 bridgehead atoms. The summed E-state index contributed by atoms with van der Waals surface area (Å²) in [6.07, 6.45) is 0. The van der Waals surface area contributed by atoms with Crippen LogP contribution in [-0.2, 0) is 9.59 Å². The summed E-state index contributed by atoms with van der Waals surface area (Å²) in [6, 6.07) is 1.51. The SMILES string of the molecule is CC1(C)NC(=O)CN(c2c(Cl)cc(Cl)c3nsnc23)C1=O. The van der Waals surface area contributed by atoms with Crippen molar-refractivity contribution in [3.63, 3.8) is 0 Å². The van der Waals surface area contributed by atoms with E-state index in [1.165, 1.54) is 11.0 Å². The standard InChI is InChI=1S/C12H10Cl2N4O2S/c1-12(2)11(20)18(4-7(19)15-12)10-6(14)3-5(13)8-9(10)17-21-16-8/h3H,4H2,1-2H3,(H,15,19). The number of amides is 2. The van der Waals surface area contributed by atoms with Gasteiger partial charge in [0.05, 0.1) is 27.5 Å². The smallest absolute Gasteiger partial charge is 0.252 e. The Kier molecular flexibility index (Phi) is 3.31. The van der Waals surface area contributed by atoms with Crippen molar-refractivity contribution in [1.29, 1.82) is 0 Å². The van der Waals surface area contributed by atoms with E-state index in [0.29, 0.717) is 21.7 Å². The number of aromatic nitrogens is 2. The van der Waals surface area contributed by atoms with Gasteiger partial charge in [0.25, 0.3) is 5.91 Å². The monoisotopic (exact) mass is 344 g/mol. The van der Waals surface area contributed by atoms with Crippen molar-refractivity contribution in [3.8, 4) is 0 Å². The highest BCUT2D eigenvalue weighted by Gasteiger charge is 2.41. The van der Waals surface area contributed by atoms with Crippen LogP contribution in [0.2, 0.25) is 10.0 Å². The quantitative estimate of drug-likeness (QED) is 0.860. The maximum Gasteiger partial charge on any atom is 0.252 e.